The summed E-state index contributed by atoms with van der Waals surface area (Å²) in [6.07, 6.45) is 0. The molecule has 0 saturated carbocycles. The van der Waals surface area contributed by atoms with E-state index in [9.17, 15) is 0 Å². The Morgan fingerprint density at radius 1 is 0.400 bits per heavy atom. The molecule has 0 saturated heterocycles. The molecule has 40 heavy (non-hydrogen) atoms. The number of rotatable bonds is 2. The molecule has 188 valence electrons. The van der Waals surface area contributed by atoms with Gasteiger partial charge in [0.25, 0.3) is 0 Å². The average Bonchev–Trinajstić information content (AvgIpc) is 3.63. The zero-order valence-electron chi connectivity index (χ0n) is 21.9. The minimum absolute atomic E-state index is 0.910. The molecule has 0 atom stereocenters. The number of aryl methyl sites for hydroxylation is 1. The van der Waals surface area contributed by atoms with Crippen LogP contribution < -0.4 is 0 Å². The predicted molar refractivity (Wildman–Crippen MR) is 167 cm³/mol. The molecule has 0 amide bonds. The zero-order chi connectivity index (χ0) is 26.4. The Labute approximate surface area is 230 Å². The fourth-order valence-electron chi connectivity index (χ4n) is 6.60. The molecule has 3 nitrogen and oxygen atoms in total. The highest BCUT2D eigenvalue weighted by Gasteiger charge is 2.18. The highest BCUT2D eigenvalue weighted by Crippen LogP contribution is 2.39. The monoisotopic (exact) mass is 512 g/mol. The number of para-hydroxylation sites is 3. The Morgan fingerprint density at radius 3 is 1.75 bits per heavy atom. The minimum Gasteiger partial charge on any atom is -0.456 e. The van der Waals surface area contributed by atoms with E-state index >= 15 is 0 Å². The number of benzene rings is 6. The fourth-order valence-corrected chi connectivity index (χ4v) is 6.60. The molecule has 0 bridgehead atoms. The molecule has 9 rings (SSSR count). The number of aromatic nitrogens is 2. The second-order valence-corrected chi connectivity index (χ2v) is 10.7. The van der Waals surface area contributed by atoms with Gasteiger partial charge in [-0.15, -0.1) is 0 Å². The van der Waals surface area contributed by atoms with Crippen molar-refractivity contribution in [3.8, 4) is 11.4 Å². The number of hydrogen-bond acceptors (Lipinski definition) is 1. The zero-order valence-corrected chi connectivity index (χ0v) is 21.9. The van der Waals surface area contributed by atoms with Crippen LogP contribution in [0.5, 0.6) is 0 Å². The number of hydrogen-bond donors (Lipinski definition) is 0. The van der Waals surface area contributed by atoms with Crippen LogP contribution in [0, 0.1) is 6.92 Å². The topological polar surface area (TPSA) is 23.0 Å². The summed E-state index contributed by atoms with van der Waals surface area (Å²) in [7, 11) is 0. The van der Waals surface area contributed by atoms with Crippen LogP contribution in [0.3, 0.4) is 0 Å². The van der Waals surface area contributed by atoms with Crippen LogP contribution in [-0.4, -0.2) is 9.13 Å². The standard InChI is InChI=1S/C37H24N2O/c1-23-17-18-34-29(19-23)30-21-31-28-13-4-7-16-36(28)40-37(31)22-35(30)39(34)25-10-8-9-24(20-25)38-32-14-5-2-11-26(32)27-12-3-6-15-33(27)38/h2-22H,1H3. The molecule has 0 aliphatic heterocycles. The SMILES string of the molecule is Cc1ccc2c(c1)c1cc3c(cc1n2-c1cccc(-n2c4ccccc4c4ccccc42)c1)oc1ccccc13. The lowest BCUT2D eigenvalue weighted by atomic mass is 10.1. The summed E-state index contributed by atoms with van der Waals surface area (Å²) in [6, 6.07) is 45.8. The van der Waals surface area contributed by atoms with Crippen LogP contribution in [0.1, 0.15) is 5.56 Å². The van der Waals surface area contributed by atoms with Crippen LogP contribution in [0.15, 0.2) is 132 Å². The second-order valence-electron chi connectivity index (χ2n) is 10.7. The number of fused-ring (bicyclic) bond motifs is 9. The summed E-state index contributed by atoms with van der Waals surface area (Å²) in [5, 5.41) is 7.33. The summed E-state index contributed by atoms with van der Waals surface area (Å²) in [5.74, 6) is 0. The van der Waals surface area contributed by atoms with Gasteiger partial charge in [0.2, 0.25) is 0 Å². The second kappa shape index (κ2) is 7.87. The number of nitrogens with zero attached hydrogens (tertiary/aromatic N) is 2. The first-order valence-corrected chi connectivity index (χ1v) is 13.7. The minimum atomic E-state index is 0.910. The van der Waals surface area contributed by atoms with Crippen molar-refractivity contribution in [1.29, 1.82) is 0 Å². The third-order valence-electron chi connectivity index (χ3n) is 8.35. The Bertz CT molecular complexity index is 2400. The van der Waals surface area contributed by atoms with Gasteiger partial charge in [-0.1, -0.05) is 72.3 Å². The summed E-state index contributed by atoms with van der Waals surface area (Å²) < 4.78 is 11.1. The Morgan fingerprint density at radius 2 is 1.00 bits per heavy atom. The van der Waals surface area contributed by atoms with Gasteiger partial charge in [0.15, 0.2) is 0 Å². The van der Waals surface area contributed by atoms with Gasteiger partial charge in [0, 0.05) is 49.8 Å². The van der Waals surface area contributed by atoms with Gasteiger partial charge in [-0.25, -0.2) is 0 Å². The predicted octanol–water partition coefficient (Wildman–Crippen LogP) is 10.1. The van der Waals surface area contributed by atoms with Crippen molar-refractivity contribution in [1.82, 2.24) is 9.13 Å². The van der Waals surface area contributed by atoms with Crippen molar-refractivity contribution in [3.05, 3.63) is 133 Å². The Kier molecular flexibility index (Phi) is 4.26. The van der Waals surface area contributed by atoms with Gasteiger partial charge in [-0.2, -0.15) is 0 Å². The van der Waals surface area contributed by atoms with E-state index in [4.69, 9.17) is 4.42 Å². The van der Waals surface area contributed by atoms with E-state index in [-0.39, 0.29) is 0 Å². The van der Waals surface area contributed by atoms with Crippen molar-refractivity contribution in [2.45, 2.75) is 6.92 Å². The first-order chi connectivity index (χ1) is 19.7. The normalized spacial score (nSPS) is 12.1. The van der Waals surface area contributed by atoms with E-state index in [0.29, 0.717) is 0 Å². The maximum atomic E-state index is 6.33. The summed E-state index contributed by atoms with van der Waals surface area (Å²) in [4.78, 5) is 0. The smallest absolute Gasteiger partial charge is 0.137 e. The quantitative estimate of drug-likeness (QED) is 0.226. The lowest BCUT2D eigenvalue weighted by Crippen LogP contribution is -1.98. The highest BCUT2D eigenvalue weighted by molar-refractivity contribution is 6.17. The Balaban J connectivity index is 1.37. The van der Waals surface area contributed by atoms with E-state index < -0.39 is 0 Å². The van der Waals surface area contributed by atoms with Crippen molar-refractivity contribution in [3.63, 3.8) is 0 Å². The molecule has 0 N–H and O–H groups in total. The van der Waals surface area contributed by atoms with Crippen LogP contribution in [0.25, 0.3) is 76.9 Å². The van der Waals surface area contributed by atoms with Gasteiger partial charge in [0.05, 0.1) is 22.1 Å². The number of furan rings is 1. The van der Waals surface area contributed by atoms with E-state index in [0.717, 1.165) is 38.8 Å². The summed E-state index contributed by atoms with van der Waals surface area (Å²) in [5.41, 5.74) is 10.1. The Hall–Kier alpha value is -5.28. The molecule has 3 aromatic heterocycles. The molecule has 0 spiro atoms. The largest absolute Gasteiger partial charge is 0.456 e. The highest BCUT2D eigenvalue weighted by atomic mass is 16.3. The molecule has 0 unspecified atom stereocenters. The molecule has 3 heterocycles. The lowest BCUT2D eigenvalue weighted by molar-refractivity contribution is 0.669. The molecule has 0 aliphatic rings. The fraction of sp³-hybridized carbons (Fsp3) is 0.0270. The van der Waals surface area contributed by atoms with Gasteiger partial charge in [-0.05, 0) is 61.5 Å². The molecular weight excluding hydrogens is 488 g/mol. The van der Waals surface area contributed by atoms with E-state index in [1.54, 1.807) is 0 Å². The van der Waals surface area contributed by atoms with Crippen molar-refractivity contribution in [2.75, 3.05) is 0 Å². The molecular formula is C37H24N2O. The van der Waals surface area contributed by atoms with Gasteiger partial charge in [-0.3, -0.25) is 0 Å². The molecule has 0 radical (unpaired) electrons. The first kappa shape index (κ1) is 21.6. The third kappa shape index (κ3) is 2.89. The molecule has 0 fully saturated rings. The maximum Gasteiger partial charge on any atom is 0.137 e. The lowest BCUT2D eigenvalue weighted by Gasteiger charge is -2.13. The van der Waals surface area contributed by atoms with Gasteiger partial charge < -0.3 is 13.6 Å². The first-order valence-electron chi connectivity index (χ1n) is 13.7. The van der Waals surface area contributed by atoms with Gasteiger partial charge in [0.1, 0.15) is 11.2 Å². The van der Waals surface area contributed by atoms with Gasteiger partial charge >= 0.3 is 0 Å². The van der Waals surface area contributed by atoms with Crippen molar-refractivity contribution in [2.24, 2.45) is 0 Å². The molecule has 9 aromatic rings. The van der Waals surface area contributed by atoms with Crippen LogP contribution in [-0.2, 0) is 0 Å². The van der Waals surface area contributed by atoms with E-state index in [2.05, 4.69) is 131 Å². The van der Waals surface area contributed by atoms with Crippen LogP contribution in [0.2, 0.25) is 0 Å². The average molecular weight is 513 g/mol. The summed E-state index contributed by atoms with van der Waals surface area (Å²) in [6.45, 7) is 2.16. The maximum absolute atomic E-state index is 6.33. The van der Waals surface area contributed by atoms with E-state index in [1.165, 1.54) is 43.7 Å². The summed E-state index contributed by atoms with van der Waals surface area (Å²) >= 11 is 0. The van der Waals surface area contributed by atoms with Crippen LogP contribution >= 0.6 is 0 Å². The molecule has 6 aromatic carbocycles. The van der Waals surface area contributed by atoms with Crippen molar-refractivity contribution < 1.29 is 4.42 Å². The van der Waals surface area contributed by atoms with Crippen LogP contribution in [0.4, 0.5) is 0 Å². The van der Waals surface area contributed by atoms with Crippen molar-refractivity contribution >= 4 is 65.6 Å². The molecule has 0 aliphatic carbocycles. The molecule has 3 heteroatoms. The third-order valence-corrected chi connectivity index (χ3v) is 8.35. The van der Waals surface area contributed by atoms with E-state index in [1.807, 2.05) is 12.1 Å².